The van der Waals surface area contributed by atoms with E-state index in [9.17, 15) is 13.6 Å². The van der Waals surface area contributed by atoms with Crippen molar-refractivity contribution >= 4 is 11.7 Å². The lowest BCUT2D eigenvalue weighted by atomic mass is 10.1. The third-order valence-corrected chi connectivity index (χ3v) is 3.05. The van der Waals surface area contributed by atoms with Crippen LogP contribution in [0.15, 0.2) is 11.3 Å². The number of hydrogen-bond donors (Lipinski definition) is 3. The molecular weight excluding hydrogens is 218 g/mol. The third kappa shape index (κ3) is 1.91. The zero-order valence-corrected chi connectivity index (χ0v) is 8.46. The lowest BCUT2D eigenvalue weighted by molar-refractivity contribution is -0.135. The topological polar surface area (TPSA) is 73.2 Å². The van der Waals surface area contributed by atoms with E-state index in [2.05, 4.69) is 5.32 Å². The first-order valence-corrected chi connectivity index (χ1v) is 5.06. The molecule has 3 N–H and O–H groups in total. The SMILES string of the molecule is N=C(C1=C(NCC(=O)O)CC2CC12)C(F)F. The van der Waals surface area contributed by atoms with Gasteiger partial charge in [-0.15, -0.1) is 0 Å². The van der Waals surface area contributed by atoms with Crippen molar-refractivity contribution in [3.05, 3.63) is 11.3 Å². The highest BCUT2D eigenvalue weighted by Crippen LogP contribution is 2.54. The maximum Gasteiger partial charge on any atom is 0.322 e. The molecule has 1 saturated carbocycles. The summed E-state index contributed by atoms with van der Waals surface area (Å²) < 4.78 is 24.9. The Bertz CT molecular complexity index is 379. The summed E-state index contributed by atoms with van der Waals surface area (Å²) >= 11 is 0. The van der Waals surface area contributed by atoms with Crippen LogP contribution in [-0.2, 0) is 4.79 Å². The van der Waals surface area contributed by atoms with Gasteiger partial charge in [-0.25, -0.2) is 8.78 Å². The Morgan fingerprint density at radius 1 is 1.62 bits per heavy atom. The Hall–Kier alpha value is -1.46. The standard InChI is InChI=1S/C10H12F2N2O2/c11-10(12)9(13)8-5-1-4(5)2-6(8)14-3-7(15)16/h4-5,10,13-14H,1-3H2,(H,15,16). The van der Waals surface area contributed by atoms with Crippen molar-refractivity contribution in [2.45, 2.75) is 19.3 Å². The van der Waals surface area contributed by atoms with Gasteiger partial charge in [0.1, 0.15) is 12.3 Å². The number of carboxylic acids is 1. The van der Waals surface area contributed by atoms with Gasteiger partial charge in [0.25, 0.3) is 6.43 Å². The maximum absolute atomic E-state index is 12.4. The highest BCUT2D eigenvalue weighted by atomic mass is 19.3. The molecule has 88 valence electrons. The van der Waals surface area contributed by atoms with Crippen LogP contribution >= 0.6 is 0 Å². The predicted molar refractivity (Wildman–Crippen MR) is 52.6 cm³/mol. The van der Waals surface area contributed by atoms with Gasteiger partial charge < -0.3 is 10.4 Å². The van der Waals surface area contributed by atoms with Crippen molar-refractivity contribution < 1.29 is 18.7 Å². The van der Waals surface area contributed by atoms with E-state index in [1.807, 2.05) is 0 Å². The van der Waals surface area contributed by atoms with E-state index in [-0.39, 0.29) is 12.5 Å². The van der Waals surface area contributed by atoms with Gasteiger partial charge in [0.05, 0.1) is 0 Å². The molecule has 6 heteroatoms. The van der Waals surface area contributed by atoms with Gasteiger partial charge >= 0.3 is 5.97 Å². The smallest absolute Gasteiger partial charge is 0.322 e. The number of aliphatic carboxylic acids is 1. The highest BCUT2D eigenvalue weighted by molar-refractivity contribution is 6.02. The Balaban J connectivity index is 2.12. The van der Waals surface area contributed by atoms with E-state index in [0.29, 0.717) is 23.6 Å². The molecule has 2 atom stereocenters. The van der Waals surface area contributed by atoms with Crippen LogP contribution in [0.5, 0.6) is 0 Å². The van der Waals surface area contributed by atoms with Crippen LogP contribution in [0.1, 0.15) is 12.8 Å². The zero-order valence-electron chi connectivity index (χ0n) is 8.46. The van der Waals surface area contributed by atoms with Crippen molar-refractivity contribution in [2.75, 3.05) is 6.54 Å². The predicted octanol–water partition coefficient (Wildman–Crippen LogP) is 1.24. The van der Waals surface area contributed by atoms with Crippen molar-refractivity contribution in [1.82, 2.24) is 5.32 Å². The zero-order chi connectivity index (χ0) is 11.9. The van der Waals surface area contributed by atoms with Crippen LogP contribution < -0.4 is 5.32 Å². The summed E-state index contributed by atoms with van der Waals surface area (Å²) in [5, 5.41) is 18.5. The van der Waals surface area contributed by atoms with E-state index >= 15 is 0 Å². The molecule has 0 aliphatic heterocycles. The fourth-order valence-corrected chi connectivity index (χ4v) is 2.25. The lowest BCUT2D eigenvalue weighted by Crippen LogP contribution is -2.25. The lowest BCUT2D eigenvalue weighted by Gasteiger charge is -2.12. The molecular formula is C10H12F2N2O2. The highest BCUT2D eigenvalue weighted by Gasteiger charge is 2.49. The number of carboxylic acid groups (broad SMARTS) is 1. The molecule has 1 fully saturated rings. The van der Waals surface area contributed by atoms with Crippen molar-refractivity contribution in [1.29, 1.82) is 5.41 Å². The van der Waals surface area contributed by atoms with Gasteiger partial charge in [-0.3, -0.25) is 10.2 Å². The minimum atomic E-state index is -2.78. The number of alkyl halides is 2. The summed E-state index contributed by atoms with van der Waals surface area (Å²) in [7, 11) is 0. The monoisotopic (exact) mass is 230 g/mol. The molecule has 0 radical (unpaired) electrons. The summed E-state index contributed by atoms with van der Waals surface area (Å²) in [5.41, 5.74) is 0.216. The summed E-state index contributed by atoms with van der Waals surface area (Å²) in [6.07, 6.45) is -1.33. The number of rotatable bonds is 5. The number of hydrogen-bond acceptors (Lipinski definition) is 3. The van der Waals surface area contributed by atoms with E-state index in [0.717, 1.165) is 6.42 Å². The van der Waals surface area contributed by atoms with Gasteiger partial charge in [-0.1, -0.05) is 0 Å². The van der Waals surface area contributed by atoms with Crippen LogP contribution in [-0.4, -0.2) is 29.8 Å². The molecule has 4 nitrogen and oxygen atoms in total. The van der Waals surface area contributed by atoms with Crippen LogP contribution in [0.4, 0.5) is 8.78 Å². The van der Waals surface area contributed by atoms with E-state index < -0.39 is 18.1 Å². The molecule has 0 heterocycles. The van der Waals surface area contributed by atoms with Crippen LogP contribution in [0, 0.1) is 17.2 Å². The Kier molecular flexibility index (Phi) is 2.65. The maximum atomic E-state index is 12.4. The summed E-state index contributed by atoms with van der Waals surface area (Å²) in [6, 6.07) is 0. The molecule has 0 aromatic carbocycles. The molecule has 0 aromatic heterocycles. The quantitative estimate of drug-likeness (QED) is 0.622. The Morgan fingerprint density at radius 3 is 2.88 bits per heavy atom. The largest absolute Gasteiger partial charge is 0.480 e. The molecule has 0 aromatic rings. The summed E-state index contributed by atoms with van der Waals surface area (Å²) in [6.45, 7) is -0.283. The number of carbonyl (C=O) groups is 1. The number of halogens is 2. The van der Waals surface area contributed by atoms with Gasteiger partial charge in [-0.2, -0.15) is 0 Å². The first-order valence-electron chi connectivity index (χ1n) is 5.06. The number of allylic oxidation sites excluding steroid dienone is 2. The van der Waals surface area contributed by atoms with Gasteiger partial charge in [-0.05, 0) is 24.7 Å². The number of fused-ring (bicyclic) bond motifs is 1. The van der Waals surface area contributed by atoms with Crippen LogP contribution in [0.25, 0.3) is 0 Å². The van der Waals surface area contributed by atoms with E-state index in [1.165, 1.54) is 0 Å². The third-order valence-electron chi connectivity index (χ3n) is 3.05. The molecule has 0 saturated heterocycles. The molecule has 0 amide bonds. The molecule has 2 unspecified atom stereocenters. The van der Waals surface area contributed by atoms with Crippen molar-refractivity contribution in [2.24, 2.45) is 11.8 Å². The minimum Gasteiger partial charge on any atom is -0.480 e. The second-order valence-electron chi connectivity index (χ2n) is 4.16. The van der Waals surface area contributed by atoms with Crippen molar-refractivity contribution in [3.63, 3.8) is 0 Å². The molecule has 2 aliphatic rings. The Morgan fingerprint density at radius 2 is 2.31 bits per heavy atom. The van der Waals surface area contributed by atoms with Crippen LogP contribution in [0.2, 0.25) is 0 Å². The van der Waals surface area contributed by atoms with E-state index in [4.69, 9.17) is 10.5 Å². The van der Waals surface area contributed by atoms with E-state index in [1.54, 1.807) is 0 Å². The minimum absolute atomic E-state index is 0.0535. The van der Waals surface area contributed by atoms with Crippen molar-refractivity contribution in [3.8, 4) is 0 Å². The fourth-order valence-electron chi connectivity index (χ4n) is 2.25. The molecule has 2 aliphatic carbocycles. The molecule has 0 spiro atoms. The molecule has 0 bridgehead atoms. The molecule has 16 heavy (non-hydrogen) atoms. The van der Waals surface area contributed by atoms with Gasteiger partial charge in [0, 0.05) is 11.3 Å². The van der Waals surface area contributed by atoms with Gasteiger partial charge in [0.2, 0.25) is 0 Å². The van der Waals surface area contributed by atoms with Gasteiger partial charge in [0.15, 0.2) is 0 Å². The number of nitrogens with one attached hydrogen (secondary N) is 2. The summed E-state index contributed by atoms with van der Waals surface area (Å²) in [5.74, 6) is -0.640. The van der Waals surface area contributed by atoms with Crippen LogP contribution in [0.3, 0.4) is 0 Å². The average molecular weight is 230 g/mol. The first-order chi connectivity index (χ1) is 7.50. The average Bonchev–Trinajstić information content (AvgIpc) is 2.86. The summed E-state index contributed by atoms with van der Waals surface area (Å²) in [4.78, 5) is 10.4. The Labute approximate surface area is 90.8 Å². The first kappa shape index (κ1) is 11.0. The second-order valence-corrected chi connectivity index (χ2v) is 4.16. The fraction of sp³-hybridized carbons (Fsp3) is 0.600. The second kappa shape index (κ2) is 3.84. The molecule has 2 rings (SSSR count). The normalized spacial score (nSPS) is 26.9.